The predicted molar refractivity (Wildman–Crippen MR) is 116 cm³/mol. The van der Waals surface area contributed by atoms with E-state index in [2.05, 4.69) is 26.5 Å². The Kier molecular flexibility index (Phi) is 6.63. The molecule has 0 saturated heterocycles. The normalized spacial score (nSPS) is 10.9. The number of carbonyl (C=O) groups is 1. The molecule has 0 aliphatic heterocycles. The number of aryl methyl sites for hydroxylation is 2. The van der Waals surface area contributed by atoms with E-state index in [1.807, 2.05) is 26.0 Å². The summed E-state index contributed by atoms with van der Waals surface area (Å²) in [4.78, 5) is 22.2. The lowest BCUT2D eigenvalue weighted by atomic mass is 10.1. The van der Waals surface area contributed by atoms with Crippen LogP contribution in [-0.2, 0) is 4.79 Å². The van der Waals surface area contributed by atoms with Crippen LogP contribution < -0.4 is 10.2 Å². The van der Waals surface area contributed by atoms with Crippen molar-refractivity contribution in [1.29, 1.82) is 0 Å². The summed E-state index contributed by atoms with van der Waals surface area (Å²) in [6.07, 6.45) is 1.36. The fourth-order valence-corrected chi connectivity index (χ4v) is 3.54. The highest BCUT2D eigenvalue weighted by atomic mass is 79.9. The Morgan fingerprint density at radius 3 is 2.63 bits per heavy atom. The van der Waals surface area contributed by atoms with Crippen molar-refractivity contribution >= 4 is 33.7 Å². The van der Waals surface area contributed by atoms with Crippen molar-refractivity contribution in [1.82, 2.24) is 5.43 Å². The molecule has 0 atom stereocenters. The molecule has 1 aromatic heterocycles. The number of carbonyl (C=O) groups excluding carboxylic acids is 1. The first-order chi connectivity index (χ1) is 14.3. The summed E-state index contributed by atoms with van der Waals surface area (Å²) in [6, 6.07) is 13.3. The van der Waals surface area contributed by atoms with Gasteiger partial charge in [-0.25, -0.2) is 5.43 Å². The molecule has 0 aliphatic carbocycles. The van der Waals surface area contributed by atoms with Crippen LogP contribution in [0.5, 0.6) is 5.75 Å². The van der Waals surface area contributed by atoms with E-state index in [0.717, 1.165) is 15.6 Å². The van der Waals surface area contributed by atoms with E-state index < -0.39 is 10.8 Å². The molecule has 30 heavy (non-hydrogen) atoms. The van der Waals surface area contributed by atoms with Gasteiger partial charge in [-0.15, -0.1) is 0 Å². The van der Waals surface area contributed by atoms with Crippen LogP contribution in [0.2, 0.25) is 0 Å². The van der Waals surface area contributed by atoms with Crippen LogP contribution in [0.15, 0.2) is 62.5 Å². The van der Waals surface area contributed by atoms with Gasteiger partial charge in [0.25, 0.3) is 11.6 Å². The number of rotatable bonds is 7. The maximum atomic E-state index is 12.0. The third-order valence-electron chi connectivity index (χ3n) is 4.09. The molecule has 3 aromatic rings. The molecular weight excluding hydrogens is 454 g/mol. The minimum atomic E-state index is -0.463. The number of hydrogen-bond donors (Lipinski definition) is 1. The summed E-state index contributed by atoms with van der Waals surface area (Å²) in [5.74, 6) is 1.14. The van der Waals surface area contributed by atoms with Crippen LogP contribution in [0.3, 0.4) is 0 Å². The molecule has 2 aromatic carbocycles. The topological polar surface area (TPSA) is 107 Å². The molecule has 9 heteroatoms. The minimum absolute atomic E-state index is 0.00452. The standard InChI is InChI=1S/C21H18BrN3O5/c1-13-9-14(2)21(18(22)10-13)29-12-20(26)24-23-11-17-7-8-19(30-17)15-3-5-16(6-4-15)25(27)28/h3-11H,12H2,1-2H3,(H,24,26)/b23-11+. The maximum absolute atomic E-state index is 12.0. The number of benzene rings is 2. The summed E-state index contributed by atoms with van der Waals surface area (Å²) in [7, 11) is 0. The second-order valence-electron chi connectivity index (χ2n) is 6.48. The van der Waals surface area contributed by atoms with Crippen molar-refractivity contribution in [2.24, 2.45) is 5.10 Å². The van der Waals surface area contributed by atoms with Gasteiger partial charge in [-0.1, -0.05) is 6.07 Å². The molecular formula is C21H18BrN3O5. The Balaban J connectivity index is 1.54. The van der Waals surface area contributed by atoms with E-state index in [-0.39, 0.29) is 12.3 Å². The van der Waals surface area contributed by atoms with Gasteiger partial charge in [0.2, 0.25) is 0 Å². The van der Waals surface area contributed by atoms with Crippen molar-refractivity contribution < 1.29 is 18.9 Å². The van der Waals surface area contributed by atoms with Crippen LogP contribution in [0.25, 0.3) is 11.3 Å². The Morgan fingerprint density at radius 2 is 1.97 bits per heavy atom. The van der Waals surface area contributed by atoms with Crippen molar-refractivity contribution in [3.05, 3.63) is 80.0 Å². The van der Waals surface area contributed by atoms with Crippen LogP contribution >= 0.6 is 15.9 Å². The Labute approximate surface area is 180 Å². The van der Waals surface area contributed by atoms with Crippen LogP contribution in [-0.4, -0.2) is 23.7 Å². The number of non-ortho nitro benzene ring substituents is 1. The SMILES string of the molecule is Cc1cc(C)c(OCC(=O)N/N=C/c2ccc(-c3ccc([N+](=O)[O-])cc3)o2)c(Br)c1. The number of hydrogen-bond acceptors (Lipinski definition) is 6. The smallest absolute Gasteiger partial charge is 0.277 e. The summed E-state index contributed by atoms with van der Waals surface area (Å²) < 4.78 is 12.0. The van der Waals surface area contributed by atoms with E-state index >= 15 is 0 Å². The number of furan rings is 1. The zero-order chi connectivity index (χ0) is 21.7. The molecule has 0 spiro atoms. The van der Waals surface area contributed by atoms with Crippen LogP contribution in [0.4, 0.5) is 5.69 Å². The molecule has 8 nitrogen and oxygen atoms in total. The fraction of sp³-hybridized carbons (Fsp3) is 0.143. The molecule has 0 fully saturated rings. The largest absolute Gasteiger partial charge is 0.482 e. The summed E-state index contributed by atoms with van der Waals surface area (Å²) >= 11 is 3.43. The number of nitro groups is 1. The highest BCUT2D eigenvalue weighted by molar-refractivity contribution is 9.10. The van der Waals surface area contributed by atoms with E-state index in [1.54, 1.807) is 24.3 Å². The molecule has 0 aliphatic rings. The Hall–Kier alpha value is -3.46. The number of nitrogens with zero attached hydrogens (tertiary/aromatic N) is 2. The molecule has 0 saturated carbocycles. The first-order valence-electron chi connectivity index (χ1n) is 8.89. The number of nitro benzene ring substituents is 1. The first kappa shape index (κ1) is 21.3. The molecule has 1 amide bonds. The van der Waals surface area contributed by atoms with Gasteiger partial charge in [0.05, 0.1) is 15.6 Å². The average Bonchev–Trinajstić information content (AvgIpc) is 3.16. The highest BCUT2D eigenvalue weighted by Crippen LogP contribution is 2.30. The van der Waals surface area contributed by atoms with Crippen LogP contribution in [0.1, 0.15) is 16.9 Å². The van der Waals surface area contributed by atoms with Gasteiger partial charge < -0.3 is 9.15 Å². The third kappa shape index (κ3) is 5.32. The second-order valence-corrected chi connectivity index (χ2v) is 7.33. The number of halogens is 1. The van der Waals surface area contributed by atoms with Crippen molar-refractivity contribution in [3.63, 3.8) is 0 Å². The molecule has 3 rings (SSSR count). The number of ether oxygens (including phenoxy) is 1. The van der Waals surface area contributed by atoms with E-state index in [0.29, 0.717) is 22.8 Å². The van der Waals surface area contributed by atoms with Gasteiger partial charge in [-0.3, -0.25) is 14.9 Å². The summed E-state index contributed by atoms with van der Waals surface area (Å²) in [5.41, 5.74) is 5.09. The number of amides is 1. The van der Waals surface area contributed by atoms with Gasteiger partial charge in [-0.2, -0.15) is 5.10 Å². The first-order valence-corrected chi connectivity index (χ1v) is 9.69. The molecule has 1 heterocycles. The molecule has 154 valence electrons. The van der Waals surface area contributed by atoms with E-state index in [1.165, 1.54) is 18.3 Å². The third-order valence-corrected chi connectivity index (χ3v) is 4.68. The molecule has 0 unspecified atom stereocenters. The zero-order valence-electron chi connectivity index (χ0n) is 16.2. The van der Waals surface area contributed by atoms with Crippen molar-refractivity contribution in [2.45, 2.75) is 13.8 Å². The monoisotopic (exact) mass is 471 g/mol. The second kappa shape index (κ2) is 9.36. The maximum Gasteiger partial charge on any atom is 0.277 e. The van der Waals surface area contributed by atoms with E-state index in [4.69, 9.17) is 9.15 Å². The van der Waals surface area contributed by atoms with Gasteiger partial charge in [0.1, 0.15) is 17.3 Å². The molecule has 1 N–H and O–H groups in total. The van der Waals surface area contributed by atoms with Gasteiger partial charge in [-0.05, 0) is 71.2 Å². The fourth-order valence-electron chi connectivity index (χ4n) is 2.75. The van der Waals surface area contributed by atoms with Gasteiger partial charge in [0.15, 0.2) is 6.61 Å². The lowest BCUT2D eigenvalue weighted by Gasteiger charge is -2.11. The Bertz CT molecular complexity index is 1080. The lowest BCUT2D eigenvalue weighted by Crippen LogP contribution is -2.24. The molecule has 0 radical (unpaired) electrons. The lowest BCUT2D eigenvalue weighted by molar-refractivity contribution is -0.384. The predicted octanol–water partition coefficient (Wildman–Crippen LogP) is 4.76. The van der Waals surface area contributed by atoms with Gasteiger partial charge in [0, 0.05) is 17.7 Å². The average molecular weight is 472 g/mol. The highest BCUT2D eigenvalue weighted by Gasteiger charge is 2.10. The zero-order valence-corrected chi connectivity index (χ0v) is 17.8. The minimum Gasteiger partial charge on any atom is -0.482 e. The number of nitrogens with one attached hydrogen (secondary N) is 1. The van der Waals surface area contributed by atoms with Gasteiger partial charge >= 0.3 is 0 Å². The Morgan fingerprint density at radius 1 is 1.23 bits per heavy atom. The number of hydrazone groups is 1. The van der Waals surface area contributed by atoms with Crippen molar-refractivity contribution in [3.8, 4) is 17.1 Å². The van der Waals surface area contributed by atoms with E-state index in [9.17, 15) is 14.9 Å². The summed E-state index contributed by atoms with van der Waals surface area (Å²) in [6.45, 7) is 3.69. The van der Waals surface area contributed by atoms with Crippen molar-refractivity contribution in [2.75, 3.05) is 6.61 Å². The summed E-state index contributed by atoms with van der Waals surface area (Å²) in [5, 5.41) is 14.6. The quantitative estimate of drug-likeness (QED) is 0.303. The van der Waals surface area contributed by atoms with Crippen LogP contribution in [0, 0.1) is 24.0 Å². The molecule has 0 bridgehead atoms.